The minimum Gasteiger partial charge on any atom is -0.380 e. The van der Waals surface area contributed by atoms with E-state index in [1.54, 1.807) is 0 Å². The van der Waals surface area contributed by atoms with Crippen LogP contribution >= 0.6 is 0 Å². The summed E-state index contributed by atoms with van der Waals surface area (Å²) in [6.45, 7) is 0.733. The average molecular weight is 355 g/mol. The van der Waals surface area contributed by atoms with Crippen LogP contribution in [0.15, 0.2) is 32.7 Å². The summed E-state index contributed by atoms with van der Waals surface area (Å²) >= 11 is 0. The highest BCUT2D eigenvalue weighted by molar-refractivity contribution is 7.89. The minimum atomic E-state index is -3.84. The van der Waals surface area contributed by atoms with Crippen molar-refractivity contribution in [1.82, 2.24) is 14.7 Å². The van der Waals surface area contributed by atoms with Crippen molar-refractivity contribution in [2.45, 2.75) is 23.5 Å². The number of nitrogens with one attached hydrogen (secondary N) is 3. The van der Waals surface area contributed by atoms with Crippen LogP contribution < -0.4 is 15.8 Å². The van der Waals surface area contributed by atoms with E-state index in [-0.39, 0.29) is 23.1 Å². The molecule has 1 aromatic carbocycles. The van der Waals surface area contributed by atoms with Gasteiger partial charge in [0.05, 0.1) is 34.7 Å². The summed E-state index contributed by atoms with van der Waals surface area (Å²) in [5.41, 5.74) is -1.07. The van der Waals surface area contributed by atoms with Gasteiger partial charge in [0.25, 0.3) is 0 Å². The van der Waals surface area contributed by atoms with E-state index in [0.717, 1.165) is 0 Å². The standard InChI is InChI=1S/C14H17N3O6S/c1-22-12-4-5-23-7-11(12)17-24(20,21)8-2-3-9-10(6-8)16-14(19)13(18)15-9/h2-3,6,11-12,17H,4-5,7H2,1H3,(H,15,18)(H,16,19)/t11-,12-/m1/s1. The molecule has 1 fully saturated rings. The fourth-order valence-corrected chi connectivity index (χ4v) is 3.91. The molecule has 1 aromatic heterocycles. The lowest BCUT2D eigenvalue weighted by molar-refractivity contribution is -0.0305. The van der Waals surface area contributed by atoms with Crippen LogP contribution in [-0.4, -0.2) is 50.9 Å². The Morgan fingerprint density at radius 2 is 1.92 bits per heavy atom. The number of hydrogen-bond donors (Lipinski definition) is 3. The molecule has 24 heavy (non-hydrogen) atoms. The summed E-state index contributed by atoms with van der Waals surface area (Å²) in [6, 6.07) is 3.57. The van der Waals surface area contributed by atoms with Crippen molar-refractivity contribution in [3.63, 3.8) is 0 Å². The Hall–Kier alpha value is -2.01. The molecule has 0 radical (unpaired) electrons. The summed E-state index contributed by atoms with van der Waals surface area (Å²) < 4.78 is 38.3. The Morgan fingerprint density at radius 3 is 2.62 bits per heavy atom. The van der Waals surface area contributed by atoms with E-state index in [0.29, 0.717) is 18.5 Å². The quantitative estimate of drug-likeness (QED) is 0.622. The van der Waals surface area contributed by atoms with Gasteiger partial charge in [-0.15, -0.1) is 0 Å². The first-order valence-electron chi connectivity index (χ1n) is 7.30. The zero-order chi connectivity index (χ0) is 17.3. The van der Waals surface area contributed by atoms with Crippen LogP contribution in [-0.2, 0) is 19.5 Å². The highest BCUT2D eigenvalue weighted by Crippen LogP contribution is 2.17. The van der Waals surface area contributed by atoms with Crippen LogP contribution in [0.5, 0.6) is 0 Å². The zero-order valence-electron chi connectivity index (χ0n) is 12.9. The molecule has 2 atom stereocenters. The van der Waals surface area contributed by atoms with E-state index in [2.05, 4.69) is 14.7 Å². The van der Waals surface area contributed by atoms with Crippen molar-refractivity contribution >= 4 is 21.1 Å². The predicted octanol–water partition coefficient (Wildman–Crippen LogP) is -0.701. The molecule has 0 amide bonds. The van der Waals surface area contributed by atoms with Crippen molar-refractivity contribution in [3.8, 4) is 0 Å². The lowest BCUT2D eigenvalue weighted by Gasteiger charge is -2.30. The smallest absolute Gasteiger partial charge is 0.314 e. The number of aromatic nitrogens is 2. The van der Waals surface area contributed by atoms with Gasteiger partial charge < -0.3 is 19.4 Å². The zero-order valence-corrected chi connectivity index (χ0v) is 13.7. The van der Waals surface area contributed by atoms with Crippen LogP contribution in [0.4, 0.5) is 0 Å². The van der Waals surface area contributed by atoms with Gasteiger partial charge in [-0.3, -0.25) is 9.59 Å². The molecule has 0 aliphatic carbocycles. The van der Waals surface area contributed by atoms with Gasteiger partial charge in [-0.1, -0.05) is 0 Å². The lowest BCUT2D eigenvalue weighted by Crippen LogP contribution is -2.50. The third-order valence-electron chi connectivity index (χ3n) is 3.91. The van der Waals surface area contributed by atoms with Crippen LogP contribution in [0.1, 0.15) is 6.42 Å². The number of ether oxygens (including phenoxy) is 2. The van der Waals surface area contributed by atoms with Gasteiger partial charge in [-0.2, -0.15) is 0 Å². The fraction of sp³-hybridized carbons (Fsp3) is 0.429. The van der Waals surface area contributed by atoms with E-state index in [1.807, 2.05) is 0 Å². The number of H-pyrrole nitrogens is 2. The maximum absolute atomic E-state index is 12.6. The average Bonchev–Trinajstić information content (AvgIpc) is 2.55. The number of sulfonamides is 1. The molecule has 0 bridgehead atoms. The van der Waals surface area contributed by atoms with E-state index >= 15 is 0 Å². The van der Waals surface area contributed by atoms with Gasteiger partial charge in [-0.05, 0) is 24.6 Å². The molecule has 9 nitrogen and oxygen atoms in total. The molecule has 0 unspecified atom stereocenters. The van der Waals surface area contributed by atoms with Crippen LogP contribution in [0, 0.1) is 0 Å². The van der Waals surface area contributed by atoms with Gasteiger partial charge in [0.15, 0.2) is 0 Å². The lowest BCUT2D eigenvalue weighted by atomic mass is 10.1. The van der Waals surface area contributed by atoms with Gasteiger partial charge >= 0.3 is 11.1 Å². The summed E-state index contributed by atoms with van der Waals surface area (Å²) in [7, 11) is -2.32. The molecule has 1 aliphatic heterocycles. The number of hydrogen-bond acceptors (Lipinski definition) is 6. The van der Waals surface area contributed by atoms with Crippen molar-refractivity contribution < 1.29 is 17.9 Å². The van der Waals surface area contributed by atoms with Gasteiger partial charge in [0.1, 0.15) is 0 Å². The third kappa shape index (κ3) is 3.26. The third-order valence-corrected chi connectivity index (χ3v) is 5.39. The second-order valence-corrected chi connectivity index (χ2v) is 7.20. The van der Waals surface area contributed by atoms with E-state index in [9.17, 15) is 18.0 Å². The molecule has 2 aromatic rings. The summed E-state index contributed by atoms with van der Waals surface area (Å²) in [5, 5.41) is 0. The van der Waals surface area contributed by atoms with E-state index in [4.69, 9.17) is 9.47 Å². The molecule has 1 saturated heterocycles. The van der Waals surface area contributed by atoms with Crippen LogP contribution in [0.3, 0.4) is 0 Å². The first-order valence-corrected chi connectivity index (χ1v) is 8.78. The Labute approximate surface area is 137 Å². The Bertz CT molecular complexity index is 964. The maximum atomic E-state index is 12.6. The second-order valence-electron chi connectivity index (χ2n) is 5.48. The molecular formula is C14H17N3O6S. The summed E-state index contributed by atoms with van der Waals surface area (Å²) in [6.07, 6.45) is 0.320. The predicted molar refractivity (Wildman–Crippen MR) is 85.5 cm³/mol. The molecule has 0 spiro atoms. The normalized spacial score (nSPS) is 21.9. The van der Waals surface area contributed by atoms with Crippen molar-refractivity contribution in [3.05, 3.63) is 38.9 Å². The highest BCUT2D eigenvalue weighted by Gasteiger charge is 2.30. The Kier molecular flexibility index (Phi) is 4.54. The minimum absolute atomic E-state index is 0.0295. The van der Waals surface area contributed by atoms with Crippen LogP contribution in [0.2, 0.25) is 0 Å². The van der Waals surface area contributed by atoms with Crippen molar-refractivity contribution in [2.75, 3.05) is 20.3 Å². The number of fused-ring (bicyclic) bond motifs is 1. The number of benzene rings is 1. The molecule has 3 N–H and O–H groups in total. The van der Waals surface area contributed by atoms with Gasteiger partial charge in [-0.25, -0.2) is 13.1 Å². The first kappa shape index (κ1) is 16.8. The molecule has 0 saturated carbocycles. The summed E-state index contributed by atoms with van der Waals surface area (Å²) in [4.78, 5) is 27.4. The molecule has 1 aliphatic rings. The van der Waals surface area contributed by atoms with E-state index < -0.39 is 27.2 Å². The molecule has 3 rings (SSSR count). The van der Waals surface area contributed by atoms with Crippen molar-refractivity contribution in [1.29, 1.82) is 0 Å². The summed E-state index contributed by atoms with van der Waals surface area (Å²) in [5.74, 6) is 0. The SMILES string of the molecule is CO[C@@H]1CCOC[C@H]1NS(=O)(=O)c1ccc2[nH]c(=O)c(=O)[nH]c2c1. The fourth-order valence-electron chi connectivity index (χ4n) is 2.64. The highest BCUT2D eigenvalue weighted by atomic mass is 32.2. The van der Waals surface area contributed by atoms with Gasteiger partial charge in [0.2, 0.25) is 10.0 Å². The topological polar surface area (TPSA) is 130 Å². The van der Waals surface area contributed by atoms with Crippen LogP contribution in [0.25, 0.3) is 11.0 Å². The number of methoxy groups -OCH3 is 1. The molecule has 2 heterocycles. The molecular weight excluding hydrogens is 338 g/mol. The van der Waals surface area contributed by atoms with Crippen molar-refractivity contribution in [2.24, 2.45) is 0 Å². The number of aromatic amines is 2. The van der Waals surface area contributed by atoms with E-state index in [1.165, 1.54) is 25.3 Å². The second kappa shape index (κ2) is 6.48. The van der Waals surface area contributed by atoms with Gasteiger partial charge in [0, 0.05) is 13.7 Å². The number of rotatable bonds is 4. The largest absolute Gasteiger partial charge is 0.380 e. The first-order chi connectivity index (χ1) is 11.4. The molecule has 130 valence electrons. The molecule has 10 heteroatoms. The monoisotopic (exact) mass is 355 g/mol. The Morgan fingerprint density at radius 1 is 1.21 bits per heavy atom. The Balaban J connectivity index is 1.94. The maximum Gasteiger partial charge on any atom is 0.314 e.